The van der Waals surface area contributed by atoms with E-state index in [4.69, 9.17) is 4.74 Å². The normalized spacial score (nSPS) is 17.2. The highest BCUT2D eigenvalue weighted by molar-refractivity contribution is 6.76. The second kappa shape index (κ2) is 6.50. The van der Waals surface area contributed by atoms with Crippen molar-refractivity contribution in [1.29, 1.82) is 0 Å². The van der Waals surface area contributed by atoms with E-state index in [1.165, 1.54) is 6.04 Å². The van der Waals surface area contributed by atoms with Gasteiger partial charge in [0.25, 0.3) is 6.43 Å². The first-order valence-electron chi connectivity index (χ1n) is 6.45. The van der Waals surface area contributed by atoms with Gasteiger partial charge in [-0.05, 0) is 32.3 Å². The van der Waals surface area contributed by atoms with Crippen LogP contribution in [0, 0.1) is 6.42 Å². The molecule has 1 rings (SSSR count). The van der Waals surface area contributed by atoms with Crippen molar-refractivity contribution in [2.24, 2.45) is 0 Å². The summed E-state index contributed by atoms with van der Waals surface area (Å²) in [5.41, 5.74) is 1.12. The van der Waals surface area contributed by atoms with Crippen LogP contribution in [-0.2, 0) is 4.74 Å². The highest BCUT2D eigenvalue weighted by Gasteiger charge is 2.21. The van der Waals surface area contributed by atoms with Gasteiger partial charge in [0.05, 0.1) is 6.61 Å². The Morgan fingerprint density at radius 3 is 2.56 bits per heavy atom. The maximum Gasteiger partial charge on any atom is 0.263 e. The van der Waals surface area contributed by atoms with E-state index in [9.17, 15) is 8.78 Å². The van der Waals surface area contributed by atoms with Crippen molar-refractivity contribution in [2.45, 2.75) is 51.9 Å². The lowest BCUT2D eigenvalue weighted by Crippen LogP contribution is -2.19. The maximum atomic E-state index is 12.8. The molecule has 0 aromatic heterocycles. The molecule has 103 valence electrons. The van der Waals surface area contributed by atoms with Gasteiger partial charge in [-0.15, -0.1) is 0 Å². The van der Waals surface area contributed by atoms with Gasteiger partial charge < -0.3 is 4.74 Å². The zero-order valence-corrected chi connectivity index (χ0v) is 12.7. The first-order valence-corrected chi connectivity index (χ1v) is 10.2. The Bertz CT molecular complexity index is 340. The van der Waals surface area contributed by atoms with Crippen LogP contribution in [-0.4, -0.2) is 21.1 Å². The molecule has 18 heavy (non-hydrogen) atoms. The Morgan fingerprint density at radius 1 is 1.33 bits per heavy atom. The third kappa shape index (κ3) is 5.34. The first-order chi connectivity index (χ1) is 8.29. The fourth-order valence-corrected chi connectivity index (χ4v) is 3.05. The lowest BCUT2D eigenvalue weighted by Gasteiger charge is -2.20. The third-order valence-electron chi connectivity index (χ3n) is 2.91. The minimum absolute atomic E-state index is 0.119. The quantitative estimate of drug-likeness (QED) is 0.499. The van der Waals surface area contributed by atoms with E-state index < -0.39 is 14.5 Å². The number of allylic oxidation sites excluding steroid dienone is 3. The minimum Gasteiger partial charge on any atom is -0.493 e. The Kier molecular flexibility index (Phi) is 5.57. The van der Waals surface area contributed by atoms with E-state index >= 15 is 0 Å². The molecular weight excluding hydrogens is 250 g/mol. The predicted molar refractivity (Wildman–Crippen MR) is 74.4 cm³/mol. The topological polar surface area (TPSA) is 9.23 Å². The van der Waals surface area contributed by atoms with E-state index in [0.29, 0.717) is 18.8 Å². The third-order valence-corrected chi connectivity index (χ3v) is 4.76. The summed E-state index contributed by atoms with van der Waals surface area (Å²) in [5, 5.41) is 0. The molecule has 0 aliphatic heterocycles. The highest BCUT2D eigenvalue weighted by Crippen LogP contribution is 2.28. The maximum absolute atomic E-state index is 12.8. The Balaban J connectivity index is 2.52. The van der Waals surface area contributed by atoms with Gasteiger partial charge in [0.1, 0.15) is 5.76 Å². The molecule has 0 aromatic rings. The van der Waals surface area contributed by atoms with Crippen LogP contribution in [0.1, 0.15) is 19.8 Å². The molecule has 1 radical (unpaired) electrons. The molecule has 0 heterocycles. The highest BCUT2D eigenvalue weighted by atomic mass is 28.3. The molecule has 0 unspecified atom stereocenters. The Hall–Kier alpha value is -0.643. The average molecular weight is 273 g/mol. The van der Waals surface area contributed by atoms with Crippen LogP contribution in [0.5, 0.6) is 0 Å². The van der Waals surface area contributed by atoms with Crippen molar-refractivity contribution in [3.63, 3.8) is 0 Å². The van der Waals surface area contributed by atoms with Crippen molar-refractivity contribution >= 4 is 8.07 Å². The summed E-state index contributed by atoms with van der Waals surface area (Å²) >= 11 is 0. The van der Waals surface area contributed by atoms with Gasteiger partial charge in [-0.25, -0.2) is 8.78 Å². The van der Waals surface area contributed by atoms with Gasteiger partial charge in [0.2, 0.25) is 0 Å². The SMILES string of the molecule is CC1=CC(OCCC[Si](C)(C)C)=C(C(F)F)C[CH]1. The number of alkyl halides is 2. The lowest BCUT2D eigenvalue weighted by atomic mass is 9.98. The van der Waals surface area contributed by atoms with Crippen LogP contribution < -0.4 is 0 Å². The first kappa shape index (κ1) is 15.4. The molecule has 1 nitrogen and oxygen atoms in total. The van der Waals surface area contributed by atoms with Crippen LogP contribution in [0.25, 0.3) is 0 Å². The van der Waals surface area contributed by atoms with Crippen LogP contribution in [0.4, 0.5) is 8.78 Å². The summed E-state index contributed by atoms with van der Waals surface area (Å²) in [7, 11) is -1.06. The Morgan fingerprint density at radius 2 is 2.00 bits per heavy atom. The molecular formula is C14H23F2OSi. The monoisotopic (exact) mass is 273 g/mol. The zero-order valence-electron chi connectivity index (χ0n) is 11.7. The zero-order chi connectivity index (χ0) is 13.8. The van der Waals surface area contributed by atoms with E-state index in [1.54, 1.807) is 6.08 Å². The summed E-state index contributed by atoms with van der Waals surface area (Å²) in [6.45, 7) is 9.36. The van der Waals surface area contributed by atoms with Gasteiger partial charge in [-0.1, -0.05) is 31.3 Å². The molecule has 4 heteroatoms. The van der Waals surface area contributed by atoms with Crippen LogP contribution in [0.3, 0.4) is 0 Å². The van der Waals surface area contributed by atoms with Gasteiger partial charge in [0.15, 0.2) is 0 Å². The molecule has 0 N–H and O–H groups in total. The van der Waals surface area contributed by atoms with E-state index in [-0.39, 0.29) is 5.57 Å². The number of halogens is 2. The van der Waals surface area contributed by atoms with Crippen molar-refractivity contribution in [2.75, 3.05) is 6.61 Å². The largest absolute Gasteiger partial charge is 0.493 e. The molecule has 0 saturated heterocycles. The van der Waals surface area contributed by atoms with Crippen LogP contribution in [0.2, 0.25) is 25.7 Å². The van der Waals surface area contributed by atoms with Crippen LogP contribution in [0.15, 0.2) is 23.0 Å². The van der Waals surface area contributed by atoms with Crippen LogP contribution >= 0.6 is 0 Å². The van der Waals surface area contributed by atoms with E-state index in [2.05, 4.69) is 19.6 Å². The summed E-state index contributed by atoms with van der Waals surface area (Å²) in [4.78, 5) is 0. The standard InChI is InChI=1S/C14H23F2OSi/c1-11-6-7-12(14(15)16)13(10-11)17-8-5-9-18(2,3)4/h6,10,14H,5,7-9H2,1-4H3. The fraction of sp³-hybridized carbons (Fsp3) is 0.643. The van der Waals surface area contributed by atoms with E-state index in [1.807, 2.05) is 13.3 Å². The van der Waals surface area contributed by atoms with Crippen molar-refractivity contribution in [1.82, 2.24) is 0 Å². The van der Waals surface area contributed by atoms with E-state index in [0.717, 1.165) is 12.0 Å². The smallest absolute Gasteiger partial charge is 0.263 e. The average Bonchev–Trinajstić information content (AvgIpc) is 2.22. The number of rotatable bonds is 6. The van der Waals surface area contributed by atoms with Gasteiger partial charge in [-0.3, -0.25) is 0 Å². The van der Waals surface area contributed by atoms with Crippen molar-refractivity contribution in [3.05, 3.63) is 29.4 Å². The Labute approximate surface area is 110 Å². The number of hydrogen-bond donors (Lipinski definition) is 0. The lowest BCUT2D eigenvalue weighted by molar-refractivity contribution is 0.161. The number of hydrogen-bond acceptors (Lipinski definition) is 1. The van der Waals surface area contributed by atoms with Gasteiger partial charge >= 0.3 is 0 Å². The number of ether oxygens (including phenoxy) is 1. The van der Waals surface area contributed by atoms with Crippen molar-refractivity contribution < 1.29 is 13.5 Å². The molecule has 1 aliphatic rings. The molecule has 0 aromatic carbocycles. The molecule has 0 atom stereocenters. The predicted octanol–water partition coefficient (Wildman–Crippen LogP) is 4.80. The summed E-state index contributed by atoms with van der Waals surface area (Å²) in [6.07, 6.45) is 2.38. The summed E-state index contributed by atoms with van der Waals surface area (Å²) in [6, 6.07) is 1.17. The summed E-state index contributed by atoms with van der Waals surface area (Å²) < 4.78 is 31.2. The second-order valence-electron chi connectivity index (χ2n) is 6.00. The summed E-state index contributed by atoms with van der Waals surface area (Å²) in [5.74, 6) is 0.389. The molecule has 0 fully saturated rings. The molecule has 1 aliphatic carbocycles. The van der Waals surface area contributed by atoms with Gasteiger partial charge in [-0.2, -0.15) is 0 Å². The molecule has 0 bridgehead atoms. The molecule has 0 amide bonds. The fourth-order valence-electron chi connectivity index (χ4n) is 1.85. The van der Waals surface area contributed by atoms with Gasteiger partial charge in [0, 0.05) is 13.6 Å². The second-order valence-corrected chi connectivity index (χ2v) is 11.6. The minimum atomic E-state index is -2.42. The van der Waals surface area contributed by atoms with Crippen molar-refractivity contribution in [3.8, 4) is 0 Å². The molecule has 0 spiro atoms. The molecule has 0 saturated carbocycles.